The molecule has 0 saturated heterocycles. The third kappa shape index (κ3) is 7.96. The van der Waals surface area contributed by atoms with Crippen LogP contribution in [0.15, 0.2) is 70.1 Å². The summed E-state index contributed by atoms with van der Waals surface area (Å²) in [4.78, 5) is 23.5. The Balaban J connectivity index is 1.26. The van der Waals surface area contributed by atoms with E-state index in [1.165, 1.54) is 0 Å². The second-order valence-electron chi connectivity index (χ2n) is 6.62. The third-order valence-electron chi connectivity index (χ3n) is 4.29. The van der Waals surface area contributed by atoms with E-state index in [2.05, 4.69) is 36.2 Å². The van der Waals surface area contributed by atoms with E-state index in [1.807, 2.05) is 42.5 Å². The van der Waals surface area contributed by atoms with Crippen LogP contribution in [0.4, 0.5) is 0 Å². The number of rotatable bonds is 11. The first kappa shape index (κ1) is 22.0. The molecule has 0 saturated carbocycles. The summed E-state index contributed by atoms with van der Waals surface area (Å²) < 4.78 is 12.3. The predicted molar refractivity (Wildman–Crippen MR) is 119 cm³/mol. The second-order valence-corrected chi connectivity index (χ2v) is 7.54. The van der Waals surface area contributed by atoms with E-state index in [1.54, 1.807) is 12.4 Å². The van der Waals surface area contributed by atoms with E-state index < -0.39 is 0 Å². The van der Waals surface area contributed by atoms with Crippen molar-refractivity contribution in [3.05, 3.63) is 76.5 Å². The summed E-state index contributed by atoms with van der Waals surface area (Å²) in [6, 6.07) is 8.07. The minimum Gasteiger partial charge on any atom is -0.484 e. The maximum Gasteiger partial charge on any atom is 0.257 e. The van der Waals surface area contributed by atoms with E-state index in [0.717, 1.165) is 21.6 Å². The van der Waals surface area contributed by atoms with Crippen molar-refractivity contribution in [2.45, 2.75) is 19.4 Å². The van der Waals surface area contributed by atoms with Gasteiger partial charge in [0.05, 0.1) is 19.8 Å². The van der Waals surface area contributed by atoms with Gasteiger partial charge in [0.15, 0.2) is 6.61 Å². The molecule has 2 aromatic rings. The number of amides is 1. The van der Waals surface area contributed by atoms with E-state index in [-0.39, 0.29) is 12.5 Å². The van der Waals surface area contributed by atoms with Gasteiger partial charge in [0.2, 0.25) is 0 Å². The maximum atomic E-state index is 11.8. The Hall–Kier alpha value is -2.71. The minimum atomic E-state index is -0.154. The second kappa shape index (κ2) is 12.1. The molecule has 1 aromatic heterocycles. The number of halogens is 1. The van der Waals surface area contributed by atoms with Crippen molar-refractivity contribution in [3.63, 3.8) is 0 Å². The molecule has 0 fully saturated rings. The monoisotopic (exact) mass is 472 g/mol. The SMILES string of the molecule is O=C(COC1=CCC(=NCCOCc2ccc(Br)cc2)C=C1)NCCc1ncc[nH]1. The van der Waals surface area contributed by atoms with Crippen molar-refractivity contribution in [1.82, 2.24) is 15.3 Å². The molecule has 30 heavy (non-hydrogen) atoms. The summed E-state index contributed by atoms with van der Waals surface area (Å²) in [7, 11) is 0. The number of allylic oxidation sites excluding steroid dienone is 3. The Morgan fingerprint density at radius 3 is 2.87 bits per heavy atom. The van der Waals surface area contributed by atoms with Crippen LogP contribution in [-0.2, 0) is 27.3 Å². The van der Waals surface area contributed by atoms with Gasteiger partial charge >= 0.3 is 0 Å². The normalized spacial score (nSPS) is 14.6. The van der Waals surface area contributed by atoms with Crippen molar-refractivity contribution >= 4 is 27.5 Å². The van der Waals surface area contributed by atoms with Crippen molar-refractivity contribution in [2.75, 3.05) is 26.3 Å². The molecule has 0 bridgehead atoms. The summed E-state index contributed by atoms with van der Waals surface area (Å²) in [5.74, 6) is 1.37. The lowest BCUT2D eigenvalue weighted by Crippen LogP contribution is -2.29. The average molecular weight is 473 g/mol. The molecular formula is C22H25BrN4O3. The molecule has 7 nitrogen and oxygen atoms in total. The summed E-state index contributed by atoms with van der Waals surface area (Å²) in [6.07, 6.45) is 10.5. The van der Waals surface area contributed by atoms with Gasteiger partial charge in [0.25, 0.3) is 5.91 Å². The molecule has 1 aliphatic carbocycles. The Kier molecular flexibility index (Phi) is 8.86. The minimum absolute atomic E-state index is 0.00922. The number of nitrogens with zero attached hydrogens (tertiary/aromatic N) is 2. The molecule has 1 heterocycles. The molecule has 1 aliphatic rings. The molecule has 158 valence electrons. The quantitative estimate of drug-likeness (QED) is 0.490. The van der Waals surface area contributed by atoms with Gasteiger partial charge in [-0.25, -0.2) is 4.98 Å². The highest BCUT2D eigenvalue weighted by molar-refractivity contribution is 9.10. The lowest BCUT2D eigenvalue weighted by Gasteiger charge is -2.11. The topological polar surface area (TPSA) is 88.6 Å². The number of hydrogen-bond acceptors (Lipinski definition) is 5. The molecule has 8 heteroatoms. The zero-order valence-corrected chi connectivity index (χ0v) is 18.2. The molecule has 0 radical (unpaired) electrons. The molecule has 0 aliphatic heterocycles. The Labute approximate surface area is 184 Å². The van der Waals surface area contributed by atoms with E-state index in [9.17, 15) is 4.79 Å². The number of aromatic nitrogens is 2. The highest BCUT2D eigenvalue weighted by Gasteiger charge is 2.07. The first-order valence-electron chi connectivity index (χ1n) is 9.80. The Morgan fingerprint density at radius 1 is 1.27 bits per heavy atom. The van der Waals surface area contributed by atoms with Gasteiger partial charge in [-0.1, -0.05) is 28.1 Å². The van der Waals surface area contributed by atoms with Crippen molar-refractivity contribution in [1.29, 1.82) is 0 Å². The van der Waals surface area contributed by atoms with Gasteiger partial charge < -0.3 is 19.8 Å². The Bertz CT molecular complexity index is 890. The molecule has 1 amide bonds. The van der Waals surface area contributed by atoms with Gasteiger partial charge in [-0.05, 0) is 35.9 Å². The van der Waals surface area contributed by atoms with E-state index >= 15 is 0 Å². The number of aliphatic imine (C=N–C) groups is 1. The molecule has 3 rings (SSSR count). The number of carbonyl (C=O) groups is 1. The highest BCUT2D eigenvalue weighted by atomic mass is 79.9. The van der Waals surface area contributed by atoms with Gasteiger partial charge in [0.1, 0.15) is 11.6 Å². The average Bonchev–Trinajstić information content (AvgIpc) is 3.28. The highest BCUT2D eigenvalue weighted by Crippen LogP contribution is 2.12. The van der Waals surface area contributed by atoms with Crippen LogP contribution in [-0.4, -0.2) is 47.9 Å². The van der Waals surface area contributed by atoms with Crippen LogP contribution >= 0.6 is 15.9 Å². The van der Waals surface area contributed by atoms with Crippen molar-refractivity contribution in [3.8, 4) is 0 Å². The number of ether oxygens (including phenoxy) is 2. The molecule has 0 unspecified atom stereocenters. The fourth-order valence-electron chi connectivity index (χ4n) is 2.72. The molecule has 2 N–H and O–H groups in total. The van der Waals surface area contributed by atoms with Gasteiger partial charge in [-0.2, -0.15) is 0 Å². The smallest absolute Gasteiger partial charge is 0.257 e. The number of nitrogens with one attached hydrogen (secondary N) is 2. The summed E-state index contributed by atoms with van der Waals surface area (Å²) in [6.45, 7) is 2.27. The standard InChI is InChI=1S/C22H25BrN4O3/c23-18-3-1-17(2-4-18)15-29-14-13-24-19-5-7-20(8-6-19)30-16-22(28)27-10-9-21-25-11-12-26-21/h1-5,7-8,11-12H,6,9-10,13-16H2,(H,25,26)(H,27,28). The van der Waals surface area contributed by atoms with Crippen LogP contribution in [0.2, 0.25) is 0 Å². The first-order valence-corrected chi connectivity index (χ1v) is 10.6. The lowest BCUT2D eigenvalue weighted by atomic mass is 10.1. The van der Waals surface area contributed by atoms with E-state index in [0.29, 0.717) is 44.9 Å². The number of H-pyrrole nitrogens is 1. The maximum absolute atomic E-state index is 11.8. The number of hydrogen-bond donors (Lipinski definition) is 2. The van der Waals surface area contributed by atoms with Crippen LogP contribution in [0.3, 0.4) is 0 Å². The zero-order chi connectivity index (χ0) is 21.0. The fraction of sp³-hybridized carbons (Fsp3) is 0.318. The largest absolute Gasteiger partial charge is 0.484 e. The van der Waals surface area contributed by atoms with E-state index in [4.69, 9.17) is 9.47 Å². The third-order valence-corrected chi connectivity index (χ3v) is 4.82. The number of imidazole rings is 1. The fourth-order valence-corrected chi connectivity index (χ4v) is 2.99. The Morgan fingerprint density at radius 2 is 2.13 bits per heavy atom. The van der Waals surface area contributed by atoms with Crippen LogP contribution < -0.4 is 5.32 Å². The summed E-state index contributed by atoms with van der Waals surface area (Å²) >= 11 is 3.42. The first-order chi connectivity index (χ1) is 14.7. The summed E-state index contributed by atoms with van der Waals surface area (Å²) in [5, 5.41) is 2.81. The van der Waals surface area contributed by atoms with Gasteiger partial charge in [0, 0.05) is 42.0 Å². The molecule has 0 spiro atoms. The molecular weight excluding hydrogens is 448 g/mol. The van der Waals surface area contributed by atoms with Crippen LogP contribution in [0.25, 0.3) is 0 Å². The van der Waals surface area contributed by atoms with Crippen LogP contribution in [0, 0.1) is 0 Å². The van der Waals surface area contributed by atoms with Crippen molar-refractivity contribution in [2.24, 2.45) is 4.99 Å². The summed E-state index contributed by atoms with van der Waals surface area (Å²) in [5.41, 5.74) is 2.11. The van der Waals surface area contributed by atoms with Crippen LogP contribution in [0.1, 0.15) is 17.8 Å². The molecule has 0 atom stereocenters. The number of aromatic amines is 1. The lowest BCUT2D eigenvalue weighted by molar-refractivity contribution is -0.124. The van der Waals surface area contributed by atoms with Crippen molar-refractivity contribution < 1.29 is 14.3 Å². The number of benzene rings is 1. The van der Waals surface area contributed by atoms with Gasteiger partial charge in [-0.3, -0.25) is 9.79 Å². The molecule has 1 aromatic carbocycles. The number of carbonyl (C=O) groups excluding carboxylic acids is 1. The van der Waals surface area contributed by atoms with Crippen LogP contribution in [0.5, 0.6) is 0 Å². The predicted octanol–water partition coefficient (Wildman–Crippen LogP) is 3.35. The zero-order valence-electron chi connectivity index (χ0n) is 16.6. The van der Waals surface area contributed by atoms with Gasteiger partial charge in [-0.15, -0.1) is 0 Å².